The predicted octanol–water partition coefficient (Wildman–Crippen LogP) is -1.50. The average Bonchev–Trinajstić information content (AvgIpc) is 2.17. The molecule has 0 rings (SSSR count). The Hall–Kier alpha value is -0.990. The van der Waals surface area contributed by atoms with Gasteiger partial charge in [-0.3, -0.25) is 14.2 Å². The Balaban J connectivity index is 0. The average molecular weight is 314 g/mol. The first-order valence-electron chi connectivity index (χ1n) is 5.87. The summed E-state index contributed by atoms with van der Waals surface area (Å²) in [7, 11) is 1.38. The van der Waals surface area contributed by atoms with Gasteiger partial charge in [0, 0.05) is 19.4 Å². The third kappa shape index (κ3) is 30.2. The molecule has 0 spiro atoms. The van der Waals surface area contributed by atoms with E-state index in [4.69, 9.17) is 24.4 Å². The molecular formula is C10H23N2O7P. The van der Waals surface area contributed by atoms with Crippen LogP contribution in [0.5, 0.6) is 0 Å². The summed E-state index contributed by atoms with van der Waals surface area (Å²) in [4.78, 5) is 44.2. The number of aliphatic carboxylic acids is 1. The Labute approximate surface area is 118 Å². The molecular weight excluding hydrogens is 291 g/mol. The molecule has 0 saturated heterocycles. The maximum absolute atomic E-state index is 11.1. The van der Waals surface area contributed by atoms with Crippen LogP contribution in [0.25, 0.3) is 0 Å². The number of carboxylic acids is 1. The smallest absolute Gasteiger partial charge is 0.303 e. The Bertz CT molecular complexity index is 340. The van der Waals surface area contributed by atoms with Crippen molar-refractivity contribution in [1.82, 2.24) is 5.32 Å². The number of hydrogen-bond donors (Lipinski definition) is 4. The number of carbonyl (C=O) groups excluding carboxylic acids is 1. The van der Waals surface area contributed by atoms with Gasteiger partial charge in [-0.2, -0.15) is 0 Å². The van der Waals surface area contributed by atoms with E-state index in [2.05, 4.69) is 26.5 Å². The largest absolute Gasteiger partial charge is 0.756 e. The van der Waals surface area contributed by atoms with E-state index in [0.29, 0.717) is 6.54 Å². The number of carboxylic acid groups (broad SMARTS) is 1. The molecule has 4 N–H and O–H groups in total. The third-order valence-electron chi connectivity index (χ3n) is 1.89. The maximum atomic E-state index is 11.1. The first kappa shape index (κ1) is 21.3. The second-order valence-corrected chi connectivity index (χ2v) is 6.08. The predicted molar refractivity (Wildman–Crippen MR) is 69.4 cm³/mol. The zero-order chi connectivity index (χ0) is 16.4. The minimum absolute atomic E-state index is 0.0692. The van der Waals surface area contributed by atoms with Crippen molar-refractivity contribution in [2.24, 2.45) is 0 Å². The van der Waals surface area contributed by atoms with E-state index in [1.165, 1.54) is 0 Å². The molecule has 9 nitrogen and oxygen atoms in total. The Morgan fingerprint density at radius 3 is 2.00 bits per heavy atom. The molecule has 0 aliphatic carbocycles. The standard InChI is InChI=1S/C10H20N2O3.H3O4P/c1-12(2,3)8-4-7-11-9(13)5-6-10(14)15;1-5(2,3)4/h4-8H2,1-3H3,(H-,11,13,14,15);(H3,1,2,3,4). The molecule has 120 valence electrons. The molecule has 0 atom stereocenters. The molecule has 0 unspecified atom stereocenters. The number of carbonyl (C=O) groups is 2. The Morgan fingerprint density at radius 1 is 1.20 bits per heavy atom. The second-order valence-electron chi connectivity index (χ2n) is 5.10. The van der Waals surface area contributed by atoms with Gasteiger partial charge >= 0.3 is 5.97 Å². The van der Waals surface area contributed by atoms with Crippen LogP contribution in [-0.4, -0.2) is 65.5 Å². The lowest BCUT2D eigenvalue weighted by atomic mass is 10.3. The van der Waals surface area contributed by atoms with E-state index >= 15 is 0 Å². The molecule has 0 aromatic carbocycles. The number of nitrogens with one attached hydrogen (secondary N) is 1. The third-order valence-corrected chi connectivity index (χ3v) is 1.89. The van der Waals surface area contributed by atoms with Crippen LogP contribution in [-0.2, 0) is 14.2 Å². The van der Waals surface area contributed by atoms with Crippen molar-refractivity contribution >= 4 is 19.7 Å². The summed E-state index contributed by atoms with van der Waals surface area (Å²) >= 11 is 0. The Morgan fingerprint density at radius 2 is 1.65 bits per heavy atom. The first-order chi connectivity index (χ1) is 8.81. The first-order valence-corrected chi connectivity index (χ1v) is 7.40. The van der Waals surface area contributed by atoms with Gasteiger partial charge < -0.3 is 29.6 Å². The molecule has 0 radical (unpaired) electrons. The van der Waals surface area contributed by atoms with Gasteiger partial charge in [-0.25, -0.2) is 0 Å². The molecule has 0 aromatic heterocycles. The van der Waals surface area contributed by atoms with Gasteiger partial charge in [0.05, 0.1) is 34.1 Å². The topological polar surface area (TPSA) is 147 Å². The fourth-order valence-electron chi connectivity index (χ4n) is 1.09. The van der Waals surface area contributed by atoms with Crippen LogP contribution in [0, 0.1) is 0 Å². The molecule has 0 aromatic rings. The van der Waals surface area contributed by atoms with Gasteiger partial charge in [0.1, 0.15) is 0 Å². The second kappa shape index (κ2) is 9.84. The van der Waals surface area contributed by atoms with Crippen molar-refractivity contribution in [2.45, 2.75) is 19.3 Å². The normalized spacial score (nSPS) is 11.3. The molecule has 0 aliphatic heterocycles. The van der Waals surface area contributed by atoms with Gasteiger partial charge in [0.2, 0.25) is 5.91 Å². The van der Waals surface area contributed by atoms with E-state index in [-0.39, 0.29) is 18.7 Å². The molecule has 0 fully saturated rings. The highest BCUT2D eigenvalue weighted by Gasteiger charge is 2.07. The van der Waals surface area contributed by atoms with Gasteiger partial charge in [-0.15, -0.1) is 0 Å². The summed E-state index contributed by atoms with van der Waals surface area (Å²) in [6.07, 6.45) is 0.878. The summed E-state index contributed by atoms with van der Waals surface area (Å²) in [6.45, 7) is 1.60. The monoisotopic (exact) mass is 314 g/mol. The van der Waals surface area contributed by atoms with Gasteiger partial charge in [0.25, 0.3) is 7.82 Å². The Kier molecular flexibility index (Phi) is 10.5. The minimum atomic E-state index is -4.89. The quantitative estimate of drug-likeness (QED) is 0.254. The highest BCUT2D eigenvalue weighted by atomic mass is 31.2. The van der Waals surface area contributed by atoms with E-state index < -0.39 is 13.8 Å². The maximum Gasteiger partial charge on any atom is 0.303 e. The highest BCUT2D eigenvalue weighted by Crippen LogP contribution is 2.18. The lowest BCUT2D eigenvalue weighted by Gasteiger charge is -2.23. The van der Waals surface area contributed by atoms with Crippen molar-refractivity contribution in [3.63, 3.8) is 0 Å². The molecule has 0 aliphatic rings. The number of amides is 1. The molecule has 20 heavy (non-hydrogen) atoms. The zero-order valence-corrected chi connectivity index (χ0v) is 12.8. The van der Waals surface area contributed by atoms with Crippen LogP contribution in [0.2, 0.25) is 0 Å². The molecule has 0 saturated carbocycles. The van der Waals surface area contributed by atoms with Crippen molar-refractivity contribution in [2.75, 3.05) is 34.2 Å². The lowest BCUT2D eigenvalue weighted by Crippen LogP contribution is -2.37. The van der Waals surface area contributed by atoms with E-state index in [0.717, 1.165) is 17.4 Å². The van der Waals surface area contributed by atoms with Crippen LogP contribution < -0.4 is 10.2 Å². The summed E-state index contributed by atoms with van der Waals surface area (Å²) in [5, 5.41) is 11.1. The summed E-state index contributed by atoms with van der Waals surface area (Å²) in [6, 6.07) is 0. The number of nitrogens with zero attached hydrogens (tertiary/aromatic N) is 1. The molecule has 0 bridgehead atoms. The van der Waals surface area contributed by atoms with Crippen LogP contribution in [0.1, 0.15) is 19.3 Å². The number of phosphoric acid groups is 1. The summed E-state index contributed by atoms with van der Waals surface area (Å²) in [5.74, 6) is -1.12. The van der Waals surface area contributed by atoms with E-state index in [1.807, 2.05) is 0 Å². The minimum Gasteiger partial charge on any atom is -0.756 e. The SMILES string of the molecule is C[N+](C)(C)CCCNC(=O)CCC(=O)O.O=P([O-])(O)O. The van der Waals surface area contributed by atoms with E-state index in [9.17, 15) is 9.59 Å². The molecule has 1 amide bonds. The highest BCUT2D eigenvalue weighted by molar-refractivity contribution is 7.43. The fourth-order valence-corrected chi connectivity index (χ4v) is 1.09. The molecule has 10 heteroatoms. The van der Waals surface area contributed by atoms with Crippen molar-refractivity contribution in [1.29, 1.82) is 0 Å². The molecule has 0 heterocycles. The van der Waals surface area contributed by atoms with Gasteiger partial charge in [-0.05, 0) is 0 Å². The van der Waals surface area contributed by atoms with Crippen LogP contribution in [0.4, 0.5) is 0 Å². The fraction of sp³-hybridized carbons (Fsp3) is 0.800. The van der Waals surface area contributed by atoms with Crippen LogP contribution >= 0.6 is 7.82 Å². The van der Waals surface area contributed by atoms with Crippen molar-refractivity contribution in [3.8, 4) is 0 Å². The lowest BCUT2D eigenvalue weighted by molar-refractivity contribution is -0.870. The van der Waals surface area contributed by atoms with E-state index in [1.54, 1.807) is 0 Å². The van der Waals surface area contributed by atoms with Crippen LogP contribution in [0.3, 0.4) is 0 Å². The number of hydrogen-bond acceptors (Lipinski definition) is 4. The summed E-state index contributed by atoms with van der Waals surface area (Å²) in [5.41, 5.74) is 0. The summed E-state index contributed by atoms with van der Waals surface area (Å²) < 4.78 is 9.64. The van der Waals surface area contributed by atoms with Crippen molar-refractivity contribution in [3.05, 3.63) is 0 Å². The number of rotatable bonds is 7. The van der Waals surface area contributed by atoms with Gasteiger partial charge in [0.15, 0.2) is 0 Å². The van der Waals surface area contributed by atoms with Gasteiger partial charge in [-0.1, -0.05) is 0 Å². The van der Waals surface area contributed by atoms with Crippen LogP contribution in [0.15, 0.2) is 0 Å². The zero-order valence-electron chi connectivity index (χ0n) is 11.9. The van der Waals surface area contributed by atoms with Crippen molar-refractivity contribution < 1.29 is 38.4 Å². The number of quaternary nitrogens is 1.